The molecule has 1 aromatic carbocycles. The molecule has 0 bridgehead atoms. The molecule has 1 aromatic heterocycles. The van der Waals surface area contributed by atoms with Gasteiger partial charge in [0, 0.05) is 25.8 Å². The number of hydrogen-bond acceptors (Lipinski definition) is 3. The second kappa shape index (κ2) is 5.77. The Bertz CT molecular complexity index is 568. The van der Waals surface area contributed by atoms with Gasteiger partial charge in [-0.05, 0) is 18.4 Å². The van der Waals surface area contributed by atoms with Gasteiger partial charge in [-0.3, -0.25) is 4.79 Å². The molecule has 2 N–H and O–H groups in total. The van der Waals surface area contributed by atoms with Crippen molar-refractivity contribution < 1.29 is 4.79 Å². The van der Waals surface area contributed by atoms with Gasteiger partial charge in [0.1, 0.15) is 5.69 Å². The third-order valence-corrected chi connectivity index (χ3v) is 3.41. The van der Waals surface area contributed by atoms with E-state index in [0.29, 0.717) is 12.2 Å². The Morgan fingerprint density at radius 2 is 2.20 bits per heavy atom. The first-order valence-electron chi connectivity index (χ1n) is 6.96. The van der Waals surface area contributed by atoms with Crippen LogP contribution >= 0.6 is 0 Å². The molecular formula is C15H18N4O. The van der Waals surface area contributed by atoms with Crippen LogP contribution in [-0.4, -0.2) is 28.5 Å². The van der Waals surface area contributed by atoms with Crippen LogP contribution in [0, 0.1) is 0 Å². The summed E-state index contributed by atoms with van der Waals surface area (Å²) in [5.41, 5.74) is 1.71. The average Bonchev–Trinajstić information content (AvgIpc) is 2.92. The van der Waals surface area contributed by atoms with E-state index in [1.807, 2.05) is 29.0 Å². The number of fused-ring (bicyclic) bond motifs is 1. The van der Waals surface area contributed by atoms with Crippen molar-refractivity contribution in [3.05, 3.63) is 47.8 Å². The number of aryl methyl sites for hydroxylation is 1. The lowest BCUT2D eigenvalue weighted by atomic mass is 10.1. The van der Waals surface area contributed by atoms with Gasteiger partial charge in [0.05, 0.1) is 0 Å². The summed E-state index contributed by atoms with van der Waals surface area (Å²) < 4.78 is 2.00. The number of carbonyl (C=O) groups excluding carboxylic acids is 1. The van der Waals surface area contributed by atoms with Gasteiger partial charge in [-0.15, -0.1) is 0 Å². The molecule has 104 valence electrons. The SMILES string of the molecule is O=C(NCCc1ccccc1)c1cn2c(n1)NCCC2. The Labute approximate surface area is 118 Å². The molecule has 0 radical (unpaired) electrons. The number of aromatic nitrogens is 2. The fraction of sp³-hybridized carbons (Fsp3) is 0.333. The van der Waals surface area contributed by atoms with Crippen LogP contribution in [0.25, 0.3) is 0 Å². The molecule has 0 aliphatic carbocycles. The number of rotatable bonds is 4. The third kappa shape index (κ3) is 2.82. The summed E-state index contributed by atoms with van der Waals surface area (Å²) in [5, 5.41) is 6.11. The lowest BCUT2D eigenvalue weighted by molar-refractivity contribution is 0.0949. The summed E-state index contributed by atoms with van der Waals surface area (Å²) >= 11 is 0. The minimum atomic E-state index is -0.107. The molecule has 1 amide bonds. The number of hydrogen-bond donors (Lipinski definition) is 2. The average molecular weight is 270 g/mol. The molecule has 1 aliphatic rings. The van der Waals surface area contributed by atoms with Crippen LogP contribution in [0.5, 0.6) is 0 Å². The maximum absolute atomic E-state index is 12.0. The predicted octanol–water partition coefficient (Wildman–Crippen LogP) is 1.67. The summed E-state index contributed by atoms with van der Waals surface area (Å²) in [6.07, 6.45) is 3.72. The minimum Gasteiger partial charge on any atom is -0.356 e. The fourth-order valence-electron chi connectivity index (χ4n) is 2.34. The number of imidazole rings is 1. The Balaban J connectivity index is 1.55. The minimum absolute atomic E-state index is 0.107. The van der Waals surface area contributed by atoms with Crippen molar-refractivity contribution in [3.63, 3.8) is 0 Å². The Kier molecular flexibility index (Phi) is 3.67. The predicted molar refractivity (Wildman–Crippen MR) is 77.8 cm³/mol. The first-order valence-corrected chi connectivity index (χ1v) is 6.96. The molecule has 5 heteroatoms. The van der Waals surface area contributed by atoms with Crippen LogP contribution in [0.3, 0.4) is 0 Å². The molecule has 0 unspecified atom stereocenters. The lowest BCUT2D eigenvalue weighted by Gasteiger charge is -2.14. The number of amides is 1. The summed E-state index contributed by atoms with van der Waals surface area (Å²) in [7, 11) is 0. The van der Waals surface area contributed by atoms with Crippen LogP contribution in [0.15, 0.2) is 36.5 Å². The van der Waals surface area contributed by atoms with Crippen molar-refractivity contribution in [2.24, 2.45) is 0 Å². The van der Waals surface area contributed by atoms with Gasteiger partial charge in [0.15, 0.2) is 0 Å². The molecule has 2 aromatic rings. The van der Waals surface area contributed by atoms with E-state index in [1.165, 1.54) is 5.56 Å². The van der Waals surface area contributed by atoms with Crippen molar-refractivity contribution in [2.45, 2.75) is 19.4 Å². The van der Waals surface area contributed by atoms with Gasteiger partial charge in [-0.25, -0.2) is 4.98 Å². The second-order valence-electron chi connectivity index (χ2n) is 4.91. The zero-order chi connectivity index (χ0) is 13.8. The highest BCUT2D eigenvalue weighted by atomic mass is 16.1. The molecule has 0 atom stereocenters. The Morgan fingerprint density at radius 3 is 3.00 bits per heavy atom. The van der Waals surface area contributed by atoms with E-state index in [-0.39, 0.29) is 5.91 Å². The highest BCUT2D eigenvalue weighted by molar-refractivity contribution is 5.92. The normalized spacial score (nSPS) is 13.4. The fourth-order valence-corrected chi connectivity index (χ4v) is 2.34. The summed E-state index contributed by atoms with van der Waals surface area (Å²) in [5.74, 6) is 0.689. The molecule has 0 spiro atoms. The van der Waals surface area contributed by atoms with E-state index in [9.17, 15) is 4.79 Å². The van der Waals surface area contributed by atoms with Crippen LogP contribution in [0.1, 0.15) is 22.5 Å². The van der Waals surface area contributed by atoms with E-state index in [4.69, 9.17) is 0 Å². The molecule has 1 aliphatic heterocycles. The molecule has 0 fully saturated rings. The van der Waals surface area contributed by atoms with Gasteiger partial charge in [-0.1, -0.05) is 30.3 Å². The maximum atomic E-state index is 12.0. The van der Waals surface area contributed by atoms with Gasteiger partial charge in [0.2, 0.25) is 5.95 Å². The summed E-state index contributed by atoms with van der Waals surface area (Å²) in [4.78, 5) is 16.4. The maximum Gasteiger partial charge on any atom is 0.271 e. The van der Waals surface area contributed by atoms with Crippen molar-refractivity contribution in [1.29, 1.82) is 0 Å². The first kappa shape index (κ1) is 12.7. The van der Waals surface area contributed by atoms with E-state index in [2.05, 4.69) is 27.8 Å². The van der Waals surface area contributed by atoms with Crippen molar-refractivity contribution in [2.75, 3.05) is 18.4 Å². The lowest BCUT2D eigenvalue weighted by Crippen LogP contribution is -2.26. The monoisotopic (exact) mass is 270 g/mol. The van der Waals surface area contributed by atoms with Gasteiger partial charge < -0.3 is 15.2 Å². The topological polar surface area (TPSA) is 59.0 Å². The molecular weight excluding hydrogens is 252 g/mol. The molecule has 0 saturated heterocycles. The van der Waals surface area contributed by atoms with Gasteiger partial charge in [0.25, 0.3) is 5.91 Å². The first-order chi connectivity index (χ1) is 9.83. The zero-order valence-electron chi connectivity index (χ0n) is 11.3. The number of nitrogens with one attached hydrogen (secondary N) is 2. The van der Waals surface area contributed by atoms with Crippen LogP contribution in [0.4, 0.5) is 5.95 Å². The number of benzene rings is 1. The summed E-state index contributed by atoms with van der Waals surface area (Å²) in [6, 6.07) is 10.1. The highest BCUT2D eigenvalue weighted by Gasteiger charge is 2.15. The summed E-state index contributed by atoms with van der Waals surface area (Å²) in [6.45, 7) is 2.47. The molecule has 2 heterocycles. The Morgan fingerprint density at radius 1 is 1.35 bits per heavy atom. The van der Waals surface area contributed by atoms with E-state index in [0.717, 1.165) is 31.9 Å². The van der Waals surface area contributed by atoms with Gasteiger partial charge in [-0.2, -0.15) is 0 Å². The Hall–Kier alpha value is -2.30. The smallest absolute Gasteiger partial charge is 0.271 e. The van der Waals surface area contributed by atoms with Gasteiger partial charge >= 0.3 is 0 Å². The number of anilines is 1. The van der Waals surface area contributed by atoms with Crippen LogP contribution in [-0.2, 0) is 13.0 Å². The largest absolute Gasteiger partial charge is 0.356 e. The molecule has 0 saturated carbocycles. The third-order valence-electron chi connectivity index (χ3n) is 3.41. The van der Waals surface area contributed by atoms with E-state index in [1.54, 1.807) is 0 Å². The van der Waals surface area contributed by atoms with Crippen LogP contribution < -0.4 is 10.6 Å². The van der Waals surface area contributed by atoms with E-state index < -0.39 is 0 Å². The molecule has 20 heavy (non-hydrogen) atoms. The zero-order valence-corrected chi connectivity index (χ0v) is 11.3. The van der Waals surface area contributed by atoms with Crippen molar-refractivity contribution in [3.8, 4) is 0 Å². The highest BCUT2D eigenvalue weighted by Crippen LogP contribution is 2.13. The van der Waals surface area contributed by atoms with E-state index >= 15 is 0 Å². The standard InChI is InChI=1S/C15H18N4O/c20-14(16-9-7-12-5-2-1-3-6-12)13-11-19-10-4-8-17-15(19)18-13/h1-3,5-6,11H,4,7-10H2,(H,16,20)(H,17,18). The van der Waals surface area contributed by atoms with Crippen LogP contribution in [0.2, 0.25) is 0 Å². The molecule has 5 nitrogen and oxygen atoms in total. The quantitative estimate of drug-likeness (QED) is 0.888. The van der Waals surface area contributed by atoms with Crippen molar-refractivity contribution >= 4 is 11.9 Å². The second-order valence-corrected chi connectivity index (χ2v) is 4.91. The number of nitrogens with zero attached hydrogens (tertiary/aromatic N) is 2. The number of carbonyl (C=O) groups is 1. The van der Waals surface area contributed by atoms with Crippen molar-refractivity contribution in [1.82, 2.24) is 14.9 Å². The molecule has 3 rings (SSSR count).